The van der Waals surface area contributed by atoms with Crippen LogP contribution in [0.3, 0.4) is 0 Å². The summed E-state index contributed by atoms with van der Waals surface area (Å²) in [6.07, 6.45) is 4.36. The van der Waals surface area contributed by atoms with E-state index < -0.39 is 4.92 Å². The van der Waals surface area contributed by atoms with Crippen LogP contribution in [0.4, 0.5) is 33.6 Å². The first-order chi connectivity index (χ1) is 16.9. The second kappa shape index (κ2) is 10.6. The van der Waals surface area contributed by atoms with Crippen LogP contribution in [0.2, 0.25) is 0 Å². The second-order valence-electron chi connectivity index (χ2n) is 7.67. The van der Waals surface area contributed by atoms with Crippen LogP contribution in [0.5, 0.6) is 11.5 Å². The maximum Gasteiger partial charge on any atom is 0.282 e. The standard InChI is InChI=1S/C22H23FN8O4/c1-35-19-11-14(17(31(33)34)12-18(19)32)13-24-29-21-26-20(25-16-7-5-15(23)6-8-16)27-22(28-21)30-9-3-2-4-10-30/h5-8,11-13,32H,2-4,9-10H2,1H3,(H2,25,26,27,28,29)/b24-13-. The number of ether oxygens (including phenoxy) is 1. The van der Waals surface area contributed by atoms with Gasteiger partial charge in [0, 0.05) is 18.8 Å². The van der Waals surface area contributed by atoms with Crippen molar-refractivity contribution in [3.05, 3.63) is 57.9 Å². The molecule has 35 heavy (non-hydrogen) atoms. The van der Waals surface area contributed by atoms with Gasteiger partial charge in [0.15, 0.2) is 11.5 Å². The van der Waals surface area contributed by atoms with Gasteiger partial charge in [-0.3, -0.25) is 10.1 Å². The van der Waals surface area contributed by atoms with E-state index in [9.17, 15) is 19.6 Å². The van der Waals surface area contributed by atoms with Gasteiger partial charge in [-0.1, -0.05) is 0 Å². The van der Waals surface area contributed by atoms with Gasteiger partial charge in [-0.05, 0) is 49.6 Å². The average Bonchev–Trinajstić information content (AvgIpc) is 2.86. The van der Waals surface area contributed by atoms with Crippen molar-refractivity contribution in [3.8, 4) is 11.5 Å². The highest BCUT2D eigenvalue weighted by Gasteiger charge is 2.18. The predicted octanol–water partition coefficient (Wildman–Crippen LogP) is 3.81. The topological polar surface area (TPSA) is 151 Å². The molecule has 3 aromatic rings. The van der Waals surface area contributed by atoms with Crippen LogP contribution in [0, 0.1) is 15.9 Å². The third-order valence-corrected chi connectivity index (χ3v) is 5.26. The van der Waals surface area contributed by atoms with Crippen LogP contribution in [0.15, 0.2) is 41.5 Å². The van der Waals surface area contributed by atoms with Gasteiger partial charge in [0.25, 0.3) is 5.69 Å². The molecule has 1 fully saturated rings. The van der Waals surface area contributed by atoms with Gasteiger partial charge in [-0.25, -0.2) is 9.82 Å². The van der Waals surface area contributed by atoms with Gasteiger partial charge < -0.3 is 20.1 Å². The first-order valence-corrected chi connectivity index (χ1v) is 10.8. The summed E-state index contributed by atoms with van der Waals surface area (Å²) >= 11 is 0. The second-order valence-corrected chi connectivity index (χ2v) is 7.67. The molecule has 2 aromatic carbocycles. The number of hydrogen-bond donors (Lipinski definition) is 3. The predicted molar refractivity (Wildman–Crippen MR) is 128 cm³/mol. The number of nitro groups is 1. The van der Waals surface area contributed by atoms with Gasteiger partial charge in [0.2, 0.25) is 17.8 Å². The van der Waals surface area contributed by atoms with Gasteiger partial charge >= 0.3 is 0 Å². The molecule has 0 amide bonds. The molecule has 1 aliphatic rings. The van der Waals surface area contributed by atoms with Crippen molar-refractivity contribution < 1.29 is 19.2 Å². The maximum atomic E-state index is 13.3. The Bertz CT molecular complexity index is 1230. The fourth-order valence-corrected chi connectivity index (χ4v) is 3.53. The zero-order valence-electron chi connectivity index (χ0n) is 18.8. The lowest BCUT2D eigenvalue weighted by Gasteiger charge is -2.26. The minimum Gasteiger partial charge on any atom is -0.504 e. The van der Waals surface area contributed by atoms with Crippen molar-refractivity contribution in [1.29, 1.82) is 0 Å². The summed E-state index contributed by atoms with van der Waals surface area (Å²) in [6.45, 7) is 1.59. The summed E-state index contributed by atoms with van der Waals surface area (Å²) in [5.74, 6) is 0.119. The molecule has 182 valence electrons. The number of hydrogen-bond acceptors (Lipinski definition) is 11. The molecule has 1 saturated heterocycles. The number of hydrazone groups is 1. The van der Waals surface area contributed by atoms with E-state index in [1.54, 1.807) is 12.1 Å². The molecular formula is C22H23FN8O4. The van der Waals surface area contributed by atoms with Crippen molar-refractivity contribution in [2.75, 3.05) is 35.8 Å². The SMILES string of the molecule is COc1cc(/C=N\Nc2nc(Nc3ccc(F)cc3)nc(N3CCCCC3)n2)c([N+](=O)[O-])cc1O. The van der Waals surface area contributed by atoms with Crippen LogP contribution in [-0.2, 0) is 0 Å². The Kier molecular flexibility index (Phi) is 7.14. The third-order valence-electron chi connectivity index (χ3n) is 5.26. The number of rotatable bonds is 8. The van der Waals surface area contributed by atoms with Crippen LogP contribution in [0.1, 0.15) is 24.8 Å². The molecule has 1 aliphatic heterocycles. The number of phenolic OH excluding ortho intramolecular Hbond substituents is 1. The molecule has 0 radical (unpaired) electrons. The molecule has 0 bridgehead atoms. The van der Waals surface area contributed by atoms with Crippen LogP contribution in [-0.4, -0.2) is 51.4 Å². The normalized spacial score (nSPS) is 13.6. The summed E-state index contributed by atoms with van der Waals surface area (Å²) in [4.78, 5) is 26.0. The number of phenols is 1. The molecule has 3 N–H and O–H groups in total. The molecule has 12 nitrogen and oxygen atoms in total. The molecule has 13 heteroatoms. The zero-order chi connectivity index (χ0) is 24.8. The van der Waals surface area contributed by atoms with Crippen molar-refractivity contribution >= 4 is 35.4 Å². The monoisotopic (exact) mass is 482 g/mol. The molecule has 0 unspecified atom stereocenters. The number of aromatic hydroxyl groups is 1. The van der Waals surface area contributed by atoms with Gasteiger partial charge in [-0.15, -0.1) is 0 Å². The van der Waals surface area contributed by atoms with E-state index in [4.69, 9.17) is 4.74 Å². The van der Waals surface area contributed by atoms with Crippen LogP contribution >= 0.6 is 0 Å². The van der Waals surface area contributed by atoms with Crippen molar-refractivity contribution in [2.24, 2.45) is 5.10 Å². The van der Waals surface area contributed by atoms with Crippen molar-refractivity contribution in [1.82, 2.24) is 15.0 Å². The van der Waals surface area contributed by atoms with E-state index in [1.807, 2.05) is 4.90 Å². The number of nitrogens with one attached hydrogen (secondary N) is 2. The molecule has 4 rings (SSSR count). The van der Waals surface area contributed by atoms with Crippen LogP contribution in [0.25, 0.3) is 0 Å². The lowest BCUT2D eigenvalue weighted by molar-refractivity contribution is -0.385. The maximum absolute atomic E-state index is 13.3. The smallest absolute Gasteiger partial charge is 0.282 e. The Morgan fingerprint density at radius 1 is 1.14 bits per heavy atom. The molecule has 2 heterocycles. The first kappa shape index (κ1) is 23.6. The van der Waals surface area contributed by atoms with Crippen molar-refractivity contribution in [3.63, 3.8) is 0 Å². The number of aromatic nitrogens is 3. The third kappa shape index (κ3) is 5.88. The van der Waals surface area contributed by atoms with Crippen LogP contribution < -0.4 is 20.4 Å². The lowest BCUT2D eigenvalue weighted by Crippen LogP contribution is -2.31. The molecule has 0 atom stereocenters. The Balaban J connectivity index is 1.61. The highest BCUT2D eigenvalue weighted by Crippen LogP contribution is 2.32. The van der Waals surface area contributed by atoms with E-state index >= 15 is 0 Å². The van der Waals surface area contributed by atoms with E-state index in [0.717, 1.165) is 38.4 Å². The first-order valence-electron chi connectivity index (χ1n) is 10.8. The van der Waals surface area contributed by atoms with E-state index in [-0.39, 0.29) is 40.5 Å². The molecule has 0 saturated carbocycles. The number of halogens is 1. The van der Waals surface area contributed by atoms with E-state index in [0.29, 0.717) is 11.6 Å². The molecular weight excluding hydrogens is 459 g/mol. The Morgan fingerprint density at radius 2 is 1.86 bits per heavy atom. The summed E-state index contributed by atoms with van der Waals surface area (Å²) < 4.78 is 18.3. The molecule has 0 aliphatic carbocycles. The average molecular weight is 482 g/mol. The Labute approximate surface area is 199 Å². The van der Waals surface area contributed by atoms with Crippen molar-refractivity contribution in [2.45, 2.75) is 19.3 Å². The zero-order valence-corrected chi connectivity index (χ0v) is 18.8. The lowest BCUT2D eigenvalue weighted by atomic mass is 10.1. The Hall–Kier alpha value is -4.55. The number of nitrogens with zero attached hydrogens (tertiary/aromatic N) is 6. The highest BCUT2D eigenvalue weighted by molar-refractivity contribution is 5.87. The summed E-state index contributed by atoms with van der Waals surface area (Å²) in [5.41, 5.74) is 3.02. The van der Waals surface area contributed by atoms with Gasteiger partial charge in [0.05, 0.1) is 29.9 Å². The summed E-state index contributed by atoms with van der Waals surface area (Å²) in [6, 6.07) is 8.04. The Morgan fingerprint density at radius 3 is 2.54 bits per heavy atom. The van der Waals surface area contributed by atoms with E-state index in [2.05, 4.69) is 30.8 Å². The van der Waals surface area contributed by atoms with Gasteiger partial charge in [0.1, 0.15) is 5.82 Å². The number of anilines is 4. The number of piperidine rings is 1. The summed E-state index contributed by atoms with van der Waals surface area (Å²) in [7, 11) is 1.34. The molecule has 1 aromatic heterocycles. The number of benzene rings is 2. The fourth-order valence-electron chi connectivity index (χ4n) is 3.53. The van der Waals surface area contributed by atoms with E-state index in [1.165, 1.54) is 31.5 Å². The molecule has 0 spiro atoms. The minimum atomic E-state index is -0.636. The summed E-state index contributed by atoms with van der Waals surface area (Å²) in [5, 5.41) is 28.3. The highest BCUT2D eigenvalue weighted by atomic mass is 19.1. The number of nitro benzene ring substituents is 1. The van der Waals surface area contributed by atoms with Gasteiger partial charge in [-0.2, -0.15) is 20.1 Å². The fraction of sp³-hybridized carbons (Fsp3) is 0.273. The largest absolute Gasteiger partial charge is 0.504 e. The minimum absolute atomic E-state index is 0.0652. The quantitative estimate of drug-likeness (QED) is 0.245. The number of methoxy groups -OCH3 is 1.